The van der Waals surface area contributed by atoms with Gasteiger partial charge in [-0.2, -0.15) is 17.4 Å². The molecule has 0 aliphatic carbocycles. The first-order valence-corrected chi connectivity index (χ1v) is 12.8. The van der Waals surface area contributed by atoms with Crippen LogP contribution in [0.2, 0.25) is 0 Å². The maximum Gasteiger partial charge on any atom is 0.490 e. The molecule has 0 saturated carbocycles. The molecule has 2 unspecified atom stereocenters. The van der Waals surface area contributed by atoms with Crippen molar-refractivity contribution in [3.05, 3.63) is 33.1 Å². The Balaban J connectivity index is 2.28. The van der Waals surface area contributed by atoms with Crippen LogP contribution in [0.3, 0.4) is 0 Å². The van der Waals surface area contributed by atoms with E-state index in [0.29, 0.717) is 12.3 Å². The highest BCUT2D eigenvalue weighted by molar-refractivity contribution is 7.66. The fourth-order valence-electron chi connectivity index (χ4n) is 2.46. The minimum absolute atomic E-state index is 0.184. The van der Waals surface area contributed by atoms with Gasteiger partial charge in [-0.15, -0.1) is 11.6 Å². The summed E-state index contributed by atoms with van der Waals surface area (Å²) in [4.78, 5) is 60.1. The third kappa shape index (κ3) is 6.18. The second-order valence-corrected chi connectivity index (χ2v) is 10.8. The zero-order valence-corrected chi connectivity index (χ0v) is 18.5. The monoisotopic (exact) mass is 552 g/mol. The van der Waals surface area contributed by atoms with Gasteiger partial charge in [0.2, 0.25) is 6.23 Å². The van der Waals surface area contributed by atoms with Gasteiger partial charge < -0.3 is 29.4 Å². The molecule has 0 amide bonds. The number of hydrogen-bond acceptors (Lipinski definition) is 10. The number of phosphoric ester groups is 1. The number of aromatic amines is 1. The largest absolute Gasteiger partial charge is 0.490 e. The molecule has 0 spiro atoms. The summed E-state index contributed by atoms with van der Waals surface area (Å²) in [5, 5.41) is 10.1. The molecule has 184 valence electrons. The van der Waals surface area contributed by atoms with Crippen molar-refractivity contribution < 1.29 is 65.0 Å². The lowest BCUT2D eigenvalue weighted by molar-refractivity contribution is -0.143. The lowest BCUT2D eigenvalue weighted by Crippen LogP contribution is -2.50. The number of rotatable bonds is 9. The van der Waals surface area contributed by atoms with E-state index in [1.54, 1.807) is 4.98 Å². The SMILES string of the molecule is O=c1ccn([C@@H]2O[C@](CCl)(COP(=O)(O)OP(=O)(O)OP(=O)(O)O)[C@@H](O)C2(F)F)c(=O)[nH]1. The van der Waals surface area contributed by atoms with Gasteiger partial charge in [0.25, 0.3) is 5.56 Å². The molecule has 1 saturated heterocycles. The van der Waals surface area contributed by atoms with E-state index in [1.165, 1.54) is 0 Å². The number of hydrogen-bond donors (Lipinski definition) is 6. The van der Waals surface area contributed by atoms with Gasteiger partial charge in [-0.05, 0) is 0 Å². The van der Waals surface area contributed by atoms with Crippen molar-refractivity contribution in [1.29, 1.82) is 0 Å². The van der Waals surface area contributed by atoms with Crippen LogP contribution in [0.4, 0.5) is 8.78 Å². The molecule has 0 bridgehead atoms. The van der Waals surface area contributed by atoms with E-state index in [1.807, 2.05) is 0 Å². The Morgan fingerprint density at radius 2 is 1.75 bits per heavy atom. The van der Waals surface area contributed by atoms with E-state index in [4.69, 9.17) is 31.0 Å². The molecular weight excluding hydrogens is 538 g/mol. The predicted molar refractivity (Wildman–Crippen MR) is 95.7 cm³/mol. The average Bonchev–Trinajstić information content (AvgIpc) is 2.78. The number of aliphatic hydroxyl groups is 1. The number of alkyl halides is 3. The van der Waals surface area contributed by atoms with E-state index >= 15 is 0 Å². The van der Waals surface area contributed by atoms with Crippen molar-refractivity contribution in [1.82, 2.24) is 9.55 Å². The van der Waals surface area contributed by atoms with Gasteiger partial charge in [0.15, 0.2) is 6.10 Å². The topological polar surface area (TPSA) is 244 Å². The van der Waals surface area contributed by atoms with Crippen molar-refractivity contribution in [2.24, 2.45) is 0 Å². The van der Waals surface area contributed by atoms with Gasteiger partial charge in [-0.3, -0.25) is 18.9 Å². The first-order valence-electron chi connectivity index (χ1n) is 7.74. The van der Waals surface area contributed by atoms with Crippen LogP contribution < -0.4 is 11.2 Å². The second-order valence-electron chi connectivity index (χ2n) is 6.13. The molecular formula is C10H14ClF2N2O14P3. The maximum atomic E-state index is 14.6. The smallest absolute Gasteiger partial charge is 0.383 e. The fourth-order valence-corrected chi connectivity index (χ4v) is 5.82. The van der Waals surface area contributed by atoms with E-state index in [2.05, 4.69) is 13.1 Å². The second kappa shape index (κ2) is 9.07. The van der Waals surface area contributed by atoms with Crippen molar-refractivity contribution in [3.8, 4) is 0 Å². The van der Waals surface area contributed by atoms with E-state index in [0.717, 1.165) is 0 Å². The number of phosphoric acid groups is 3. The Hall–Kier alpha value is -0.840. The van der Waals surface area contributed by atoms with Crippen molar-refractivity contribution >= 4 is 35.1 Å². The van der Waals surface area contributed by atoms with Crippen molar-refractivity contribution in [3.63, 3.8) is 0 Å². The highest BCUT2D eigenvalue weighted by Crippen LogP contribution is 2.66. The Kier molecular flexibility index (Phi) is 7.77. The molecule has 1 aliphatic heterocycles. The molecule has 32 heavy (non-hydrogen) atoms. The Bertz CT molecular complexity index is 1120. The normalized spacial score (nSPS) is 29.4. The maximum absolute atomic E-state index is 14.6. The summed E-state index contributed by atoms with van der Waals surface area (Å²) in [6.07, 6.45) is -4.88. The summed E-state index contributed by atoms with van der Waals surface area (Å²) in [7, 11) is -17.4. The quantitative estimate of drug-likeness (QED) is 0.165. The Labute approximate surface area is 179 Å². The molecule has 2 heterocycles. The molecule has 5 atom stereocenters. The summed E-state index contributed by atoms with van der Waals surface area (Å²) in [5.41, 5.74) is -5.03. The average molecular weight is 553 g/mol. The first-order chi connectivity index (χ1) is 14.3. The van der Waals surface area contributed by atoms with Gasteiger partial charge in [-0.25, -0.2) is 18.5 Å². The number of aromatic nitrogens is 2. The van der Waals surface area contributed by atoms with Crippen LogP contribution in [0, 0.1) is 0 Å². The number of nitrogens with zero attached hydrogens (tertiary/aromatic N) is 1. The van der Waals surface area contributed by atoms with Crippen LogP contribution in [-0.4, -0.2) is 64.3 Å². The highest BCUT2D eigenvalue weighted by atomic mass is 35.5. The number of nitrogens with one attached hydrogen (secondary N) is 1. The highest BCUT2D eigenvalue weighted by Gasteiger charge is 2.67. The van der Waals surface area contributed by atoms with E-state index in [9.17, 15) is 42.1 Å². The van der Waals surface area contributed by atoms with Crippen LogP contribution in [0.25, 0.3) is 0 Å². The summed E-state index contributed by atoms with van der Waals surface area (Å²) < 4.78 is 79.3. The van der Waals surface area contributed by atoms with E-state index < -0.39 is 71.1 Å². The Morgan fingerprint density at radius 3 is 2.25 bits per heavy atom. The van der Waals surface area contributed by atoms with Gasteiger partial charge in [0.05, 0.1) is 12.5 Å². The molecule has 1 aromatic rings. The molecule has 0 radical (unpaired) electrons. The molecule has 0 aromatic carbocycles. The summed E-state index contributed by atoms with van der Waals surface area (Å²) in [6, 6.07) is 0.681. The number of ether oxygens (including phenoxy) is 1. The Morgan fingerprint density at radius 1 is 1.16 bits per heavy atom. The number of H-pyrrole nitrogens is 1. The number of halogens is 3. The van der Waals surface area contributed by atoms with Gasteiger partial charge in [0, 0.05) is 12.3 Å². The minimum Gasteiger partial charge on any atom is -0.383 e. The van der Waals surface area contributed by atoms with Gasteiger partial charge >= 0.3 is 35.1 Å². The van der Waals surface area contributed by atoms with Crippen LogP contribution in [0.15, 0.2) is 21.9 Å². The molecule has 2 rings (SSSR count). The zero-order chi connectivity index (χ0) is 24.8. The van der Waals surface area contributed by atoms with Gasteiger partial charge in [0.1, 0.15) is 5.60 Å². The van der Waals surface area contributed by atoms with Crippen LogP contribution >= 0.6 is 35.1 Å². The molecule has 16 nitrogen and oxygen atoms in total. The summed E-state index contributed by atoms with van der Waals surface area (Å²) in [6.45, 7) is -1.52. The standard InChI is InChI=1S/C10H14ClF2N2O14P3/c11-3-9(4-26-31(22,23)29-32(24,25)28-30(19,20)21)6(17)10(12,13)7(27-9)15-2-1-5(16)14-8(15)18/h1-2,6-7,17H,3-4H2,(H,22,23)(H,24,25)(H,14,16,18)(H2,19,20,21)/t6-,7-,9-/m1/s1. The minimum atomic E-state index is -5.90. The third-order valence-electron chi connectivity index (χ3n) is 3.76. The molecule has 1 aliphatic rings. The van der Waals surface area contributed by atoms with Crippen molar-refractivity contribution in [2.75, 3.05) is 12.5 Å². The molecule has 1 fully saturated rings. The molecule has 6 N–H and O–H groups in total. The van der Waals surface area contributed by atoms with Crippen molar-refractivity contribution in [2.45, 2.75) is 23.9 Å². The number of aliphatic hydroxyl groups excluding tert-OH is 1. The summed E-state index contributed by atoms with van der Waals surface area (Å²) >= 11 is 5.57. The molecule has 22 heteroatoms. The lowest BCUT2D eigenvalue weighted by Gasteiger charge is -2.29. The van der Waals surface area contributed by atoms with Crippen LogP contribution in [0.5, 0.6) is 0 Å². The molecule has 1 aromatic heterocycles. The van der Waals surface area contributed by atoms with Gasteiger partial charge in [-0.1, -0.05) is 0 Å². The third-order valence-corrected chi connectivity index (χ3v) is 7.99. The van der Waals surface area contributed by atoms with Crippen LogP contribution in [-0.2, 0) is 31.6 Å². The zero-order valence-electron chi connectivity index (χ0n) is 15.1. The fraction of sp³-hybridized carbons (Fsp3) is 0.600. The van der Waals surface area contributed by atoms with E-state index in [-0.39, 0.29) is 4.57 Å². The first kappa shape index (κ1) is 27.4. The predicted octanol–water partition coefficient (Wildman–Crippen LogP) is -0.618. The lowest BCUT2D eigenvalue weighted by atomic mass is 9.97. The summed E-state index contributed by atoms with van der Waals surface area (Å²) in [5.74, 6) is -5.36. The van der Waals surface area contributed by atoms with Crippen LogP contribution in [0.1, 0.15) is 6.23 Å².